The first-order chi connectivity index (χ1) is 10.7. The summed E-state index contributed by atoms with van der Waals surface area (Å²) in [5.74, 6) is 0.429. The molecule has 2 amide bonds. The molecule has 4 rings (SSSR count). The Morgan fingerprint density at radius 1 is 1.14 bits per heavy atom. The Kier molecular flexibility index (Phi) is 3.57. The summed E-state index contributed by atoms with van der Waals surface area (Å²) in [7, 11) is 0. The van der Waals surface area contributed by atoms with Crippen molar-refractivity contribution in [3.05, 3.63) is 29.8 Å². The van der Waals surface area contributed by atoms with Crippen molar-refractivity contribution in [1.29, 1.82) is 0 Å². The van der Waals surface area contributed by atoms with E-state index in [-0.39, 0.29) is 6.03 Å². The first-order valence-corrected chi connectivity index (χ1v) is 8.63. The van der Waals surface area contributed by atoms with E-state index in [4.69, 9.17) is 0 Å². The number of amides is 2. The lowest BCUT2D eigenvalue weighted by molar-refractivity contribution is 0.187. The minimum absolute atomic E-state index is 0.0849. The number of hydrogen-bond donors (Lipinski definition) is 1. The lowest BCUT2D eigenvalue weighted by Crippen LogP contribution is -2.49. The second-order valence-electron chi connectivity index (χ2n) is 7.06. The van der Waals surface area contributed by atoms with Gasteiger partial charge in [-0.3, -0.25) is 4.90 Å². The van der Waals surface area contributed by atoms with E-state index >= 15 is 0 Å². The van der Waals surface area contributed by atoms with Gasteiger partial charge >= 0.3 is 6.03 Å². The van der Waals surface area contributed by atoms with Crippen molar-refractivity contribution in [2.24, 2.45) is 0 Å². The molecule has 0 bridgehead atoms. The molecule has 4 nitrogen and oxygen atoms in total. The van der Waals surface area contributed by atoms with Crippen LogP contribution in [0.3, 0.4) is 0 Å². The number of urea groups is 1. The number of para-hydroxylation sites is 1. The zero-order valence-corrected chi connectivity index (χ0v) is 13.3. The van der Waals surface area contributed by atoms with Gasteiger partial charge in [-0.05, 0) is 37.3 Å². The molecule has 2 fully saturated rings. The first kappa shape index (κ1) is 14.1. The van der Waals surface area contributed by atoms with Gasteiger partial charge in [-0.2, -0.15) is 0 Å². The highest BCUT2D eigenvalue weighted by Crippen LogP contribution is 2.35. The minimum Gasteiger partial charge on any atom is -0.335 e. The van der Waals surface area contributed by atoms with Crippen molar-refractivity contribution in [3.8, 4) is 0 Å². The molecule has 1 unspecified atom stereocenters. The molecular weight excluding hydrogens is 274 g/mol. The number of carbonyl (C=O) groups is 1. The van der Waals surface area contributed by atoms with Gasteiger partial charge in [0.05, 0.1) is 0 Å². The Balaban J connectivity index is 1.37. The molecule has 1 saturated carbocycles. The summed E-state index contributed by atoms with van der Waals surface area (Å²) in [6, 6.07) is 9.56. The molecule has 1 atom stereocenters. The quantitative estimate of drug-likeness (QED) is 0.911. The Labute approximate surface area is 132 Å². The van der Waals surface area contributed by atoms with Gasteiger partial charge in [-0.1, -0.05) is 25.1 Å². The second-order valence-corrected chi connectivity index (χ2v) is 7.06. The second kappa shape index (κ2) is 5.58. The van der Waals surface area contributed by atoms with E-state index in [0.29, 0.717) is 12.0 Å². The van der Waals surface area contributed by atoms with Crippen LogP contribution in [0.25, 0.3) is 0 Å². The third-order valence-corrected chi connectivity index (χ3v) is 5.38. The monoisotopic (exact) mass is 299 g/mol. The summed E-state index contributed by atoms with van der Waals surface area (Å²) in [5.41, 5.74) is 2.38. The third kappa shape index (κ3) is 2.60. The number of anilines is 1. The highest BCUT2D eigenvalue weighted by molar-refractivity contribution is 5.94. The highest BCUT2D eigenvalue weighted by Gasteiger charge is 2.34. The van der Waals surface area contributed by atoms with E-state index in [1.165, 1.54) is 18.4 Å². The number of nitrogens with one attached hydrogen (secondary N) is 1. The summed E-state index contributed by atoms with van der Waals surface area (Å²) in [4.78, 5) is 17.2. The first-order valence-electron chi connectivity index (χ1n) is 8.63. The number of hydrogen-bond acceptors (Lipinski definition) is 2. The molecular formula is C18H25N3O. The topological polar surface area (TPSA) is 35.6 Å². The minimum atomic E-state index is 0.0849. The van der Waals surface area contributed by atoms with E-state index in [1.54, 1.807) is 0 Å². The number of benzene rings is 1. The number of rotatable bonds is 2. The zero-order valence-electron chi connectivity index (χ0n) is 13.3. The van der Waals surface area contributed by atoms with Gasteiger partial charge in [0.15, 0.2) is 0 Å². The van der Waals surface area contributed by atoms with Crippen molar-refractivity contribution in [2.75, 3.05) is 24.5 Å². The van der Waals surface area contributed by atoms with Crippen LogP contribution in [-0.4, -0.2) is 42.6 Å². The molecule has 4 heteroatoms. The molecule has 1 aromatic rings. The Morgan fingerprint density at radius 3 is 2.59 bits per heavy atom. The molecule has 0 aromatic heterocycles. The molecule has 2 heterocycles. The van der Waals surface area contributed by atoms with Crippen LogP contribution in [0.2, 0.25) is 0 Å². The normalized spacial score (nSPS) is 26.0. The molecule has 3 aliphatic rings. The fourth-order valence-corrected chi connectivity index (χ4v) is 3.91. The van der Waals surface area contributed by atoms with Crippen molar-refractivity contribution in [1.82, 2.24) is 10.2 Å². The summed E-state index contributed by atoms with van der Waals surface area (Å²) in [6.45, 7) is 5.28. The molecule has 1 aliphatic carbocycles. The highest BCUT2D eigenvalue weighted by atomic mass is 16.2. The predicted octanol–water partition coefficient (Wildman–Crippen LogP) is 2.95. The van der Waals surface area contributed by atoms with E-state index < -0.39 is 0 Å². The van der Waals surface area contributed by atoms with E-state index in [0.717, 1.165) is 44.2 Å². The number of likely N-dealkylation sites (tertiary alicyclic amines) is 1. The molecule has 1 saturated heterocycles. The molecule has 1 N–H and O–H groups in total. The standard InChI is InChI=1S/C18H25N3O/c1-13-12-21(17-5-3-2-4-16(13)17)18(22)19-14-8-10-20(11-9-14)15-6-7-15/h2-5,13-15H,6-12H2,1H3,(H,19,22). The van der Waals surface area contributed by atoms with Crippen LogP contribution in [-0.2, 0) is 0 Å². The van der Waals surface area contributed by atoms with Gasteiger partial charge in [0, 0.05) is 43.3 Å². The summed E-state index contributed by atoms with van der Waals surface area (Å²) in [5, 5.41) is 3.26. The average molecular weight is 299 g/mol. The fourth-order valence-electron chi connectivity index (χ4n) is 3.91. The third-order valence-electron chi connectivity index (χ3n) is 5.38. The number of carbonyl (C=O) groups excluding carboxylic acids is 1. The van der Waals surface area contributed by atoms with Gasteiger partial charge in [-0.25, -0.2) is 4.79 Å². The lowest BCUT2D eigenvalue weighted by atomic mass is 10.0. The SMILES string of the molecule is CC1CN(C(=O)NC2CCN(C3CC3)CC2)c2ccccc21. The van der Waals surface area contributed by atoms with Crippen molar-refractivity contribution >= 4 is 11.7 Å². The average Bonchev–Trinajstić information content (AvgIpc) is 3.33. The zero-order chi connectivity index (χ0) is 15.1. The maximum Gasteiger partial charge on any atom is 0.322 e. The van der Waals surface area contributed by atoms with E-state index in [1.807, 2.05) is 11.0 Å². The maximum absolute atomic E-state index is 12.7. The molecule has 0 radical (unpaired) electrons. The number of fused-ring (bicyclic) bond motifs is 1. The van der Waals surface area contributed by atoms with E-state index in [9.17, 15) is 4.79 Å². The maximum atomic E-state index is 12.7. The van der Waals surface area contributed by atoms with Crippen molar-refractivity contribution < 1.29 is 4.79 Å². The molecule has 0 spiro atoms. The van der Waals surface area contributed by atoms with Crippen LogP contribution in [0.1, 0.15) is 44.1 Å². The van der Waals surface area contributed by atoms with Crippen LogP contribution in [0, 0.1) is 0 Å². The molecule has 118 valence electrons. The van der Waals surface area contributed by atoms with Gasteiger partial charge in [0.2, 0.25) is 0 Å². The largest absolute Gasteiger partial charge is 0.335 e. The van der Waals surface area contributed by atoms with Gasteiger partial charge in [0.25, 0.3) is 0 Å². The summed E-state index contributed by atoms with van der Waals surface area (Å²) in [6.07, 6.45) is 4.93. The van der Waals surface area contributed by atoms with Crippen LogP contribution in [0.4, 0.5) is 10.5 Å². The summed E-state index contributed by atoms with van der Waals surface area (Å²) >= 11 is 0. The van der Waals surface area contributed by atoms with E-state index in [2.05, 4.69) is 35.3 Å². The van der Waals surface area contributed by atoms with Gasteiger partial charge < -0.3 is 10.2 Å². The predicted molar refractivity (Wildman–Crippen MR) is 88.4 cm³/mol. The smallest absolute Gasteiger partial charge is 0.322 e. The lowest BCUT2D eigenvalue weighted by Gasteiger charge is -2.33. The van der Waals surface area contributed by atoms with Crippen LogP contribution < -0.4 is 10.2 Å². The molecule has 1 aromatic carbocycles. The summed E-state index contributed by atoms with van der Waals surface area (Å²) < 4.78 is 0. The van der Waals surface area contributed by atoms with Gasteiger partial charge in [-0.15, -0.1) is 0 Å². The van der Waals surface area contributed by atoms with Crippen molar-refractivity contribution in [3.63, 3.8) is 0 Å². The van der Waals surface area contributed by atoms with Crippen molar-refractivity contribution in [2.45, 2.75) is 50.6 Å². The fraction of sp³-hybridized carbons (Fsp3) is 0.611. The number of piperidine rings is 1. The molecule has 22 heavy (non-hydrogen) atoms. The Hall–Kier alpha value is -1.55. The van der Waals surface area contributed by atoms with Crippen LogP contribution >= 0.6 is 0 Å². The number of nitrogens with zero attached hydrogens (tertiary/aromatic N) is 2. The van der Waals surface area contributed by atoms with Crippen LogP contribution in [0.5, 0.6) is 0 Å². The van der Waals surface area contributed by atoms with Gasteiger partial charge in [0.1, 0.15) is 0 Å². The molecule has 2 aliphatic heterocycles. The Morgan fingerprint density at radius 2 is 1.86 bits per heavy atom. The van der Waals surface area contributed by atoms with Crippen LogP contribution in [0.15, 0.2) is 24.3 Å². The Bertz CT molecular complexity index is 561.